The summed E-state index contributed by atoms with van der Waals surface area (Å²) in [5.41, 5.74) is 3.76. The molecule has 0 aliphatic carbocycles. The van der Waals surface area contributed by atoms with Gasteiger partial charge in [0.15, 0.2) is 11.5 Å². The van der Waals surface area contributed by atoms with Crippen molar-refractivity contribution in [2.75, 3.05) is 10.6 Å². The molecule has 1 aromatic heterocycles. The van der Waals surface area contributed by atoms with Crippen molar-refractivity contribution >= 4 is 39.0 Å². The zero-order valence-electron chi connectivity index (χ0n) is 16.7. The van der Waals surface area contributed by atoms with Crippen LogP contribution in [0.4, 0.5) is 17.2 Å². The van der Waals surface area contributed by atoms with Gasteiger partial charge in [-0.25, -0.2) is 0 Å². The highest BCUT2D eigenvalue weighted by molar-refractivity contribution is 9.10. The number of H-pyrrole nitrogens is 1. The molecule has 0 bridgehead atoms. The number of benzene rings is 3. The Balaban J connectivity index is 1.40. The zero-order chi connectivity index (χ0) is 21.6. The molecule has 1 heterocycles. The maximum Gasteiger partial charge on any atom is 0.280 e. The number of halogens is 1. The van der Waals surface area contributed by atoms with Crippen molar-refractivity contribution in [3.63, 3.8) is 0 Å². The van der Waals surface area contributed by atoms with Crippen LogP contribution in [0.15, 0.2) is 77.3 Å². The number of hydrogen-bond donors (Lipinski definition) is 3. The summed E-state index contributed by atoms with van der Waals surface area (Å²) in [6.07, 6.45) is 0. The molecule has 156 valence electrons. The average Bonchev–Trinajstić information content (AvgIpc) is 3.24. The number of amides is 1. The maximum absolute atomic E-state index is 12.7. The minimum absolute atomic E-state index is 0.164. The van der Waals surface area contributed by atoms with E-state index in [1.54, 1.807) is 0 Å². The number of aromatic nitrogens is 3. The number of anilines is 3. The quantitative estimate of drug-likeness (QED) is 0.329. The van der Waals surface area contributed by atoms with Gasteiger partial charge in [0, 0.05) is 10.2 Å². The third kappa shape index (κ3) is 5.29. The van der Waals surface area contributed by atoms with Gasteiger partial charge in [-0.2, -0.15) is 5.21 Å². The lowest BCUT2D eigenvalue weighted by atomic mass is 10.2. The lowest BCUT2D eigenvalue weighted by molar-refractivity contribution is 0.102. The minimum Gasteiger partial charge on any atom is -0.489 e. The SMILES string of the molecule is Cc1ccc(NC(=O)c2n[nH]nc2Nc2ccc(OCc3ccccc3)cc2)c(Br)c1. The summed E-state index contributed by atoms with van der Waals surface area (Å²) < 4.78 is 6.60. The van der Waals surface area contributed by atoms with E-state index >= 15 is 0 Å². The van der Waals surface area contributed by atoms with E-state index in [-0.39, 0.29) is 11.6 Å². The van der Waals surface area contributed by atoms with Crippen molar-refractivity contribution in [1.82, 2.24) is 15.4 Å². The highest BCUT2D eigenvalue weighted by atomic mass is 79.9. The number of aryl methyl sites for hydroxylation is 1. The van der Waals surface area contributed by atoms with E-state index in [9.17, 15) is 4.79 Å². The van der Waals surface area contributed by atoms with Gasteiger partial charge >= 0.3 is 0 Å². The normalized spacial score (nSPS) is 10.5. The minimum atomic E-state index is -0.372. The molecule has 0 spiro atoms. The molecule has 31 heavy (non-hydrogen) atoms. The van der Waals surface area contributed by atoms with Crippen LogP contribution in [-0.2, 0) is 6.61 Å². The van der Waals surface area contributed by atoms with Crippen molar-refractivity contribution in [3.05, 3.63) is 94.1 Å². The van der Waals surface area contributed by atoms with Gasteiger partial charge in [0.05, 0.1) is 5.69 Å². The first-order valence-corrected chi connectivity index (χ1v) is 10.4. The summed E-state index contributed by atoms with van der Waals surface area (Å²) >= 11 is 3.46. The molecule has 8 heteroatoms. The predicted molar refractivity (Wildman–Crippen MR) is 124 cm³/mol. The second kappa shape index (κ2) is 9.44. The van der Waals surface area contributed by atoms with Crippen LogP contribution in [0.1, 0.15) is 21.6 Å². The molecule has 4 aromatic rings. The molecule has 3 N–H and O–H groups in total. The molecule has 7 nitrogen and oxygen atoms in total. The lowest BCUT2D eigenvalue weighted by Crippen LogP contribution is -2.14. The van der Waals surface area contributed by atoms with Crippen LogP contribution in [0.2, 0.25) is 0 Å². The van der Waals surface area contributed by atoms with Gasteiger partial charge in [-0.3, -0.25) is 4.79 Å². The standard InChI is InChI=1S/C23H20BrN5O2/c1-15-7-12-20(19(24)13-15)26-23(30)21-22(28-29-27-21)25-17-8-10-18(11-9-17)31-14-16-5-3-2-4-6-16/h2-13H,14H2,1H3,(H,26,30)(H2,25,27,28,29). The second-order valence-corrected chi connectivity index (χ2v) is 7.74. The molecule has 0 saturated heterocycles. The fraction of sp³-hybridized carbons (Fsp3) is 0.0870. The summed E-state index contributed by atoms with van der Waals surface area (Å²) in [7, 11) is 0. The van der Waals surface area contributed by atoms with E-state index in [0.717, 1.165) is 27.0 Å². The predicted octanol–water partition coefficient (Wildman–Crippen LogP) is 5.45. The Morgan fingerprint density at radius 1 is 1.03 bits per heavy atom. The monoisotopic (exact) mass is 477 g/mol. The third-order valence-electron chi connectivity index (χ3n) is 4.50. The highest BCUT2D eigenvalue weighted by Gasteiger charge is 2.18. The first-order valence-electron chi connectivity index (χ1n) is 9.60. The van der Waals surface area contributed by atoms with Crippen molar-refractivity contribution in [3.8, 4) is 5.75 Å². The van der Waals surface area contributed by atoms with E-state index in [2.05, 4.69) is 42.0 Å². The van der Waals surface area contributed by atoms with E-state index in [0.29, 0.717) is 18.1 Å². The number of carbonyl (C=O) groups is 1. The number of carbonyl (C=O) groups excluding carboxylic acids is 1. The Bertz CT molecular complexity index is 1180. The molecule has 0 aliphatic heterocycles. The van der Waals surface area contributed by atoms with Crippen LogP contribution in [0.25, 0.3) is 0 Å². The van der Waals surface area contributed by atoms with E-state index in [4.69, 9.17) is 4.74 Å². The van der Waals surface area contributed by atoms with Gasteiger partial charge in [0.25, 0.3) is 5.91 Å². The number of hydrogen-bond acceptors (Lipinski definition) is 5. The number of rotatable bonds is 7. The van der Waals surface area contributed by atoms with Crippen molar-refractivity contribution in [2.45, 2.75) is 13.5 Å². The van der Waals surface area contributed by atoms with Crippen molar-refractivity contribution < 1.29 is 9.53 Å². The fourth-order valence-corrected chi connectivity index (χ4v) is 3.48. The number of ether oxygens (including phenoxy) is 1. The topological polar surface area (TPSA) is 91.9 Å². The van der Waals surface area contributed by atoms with Crippen molar-refractivity contribution in [2.24, 2.45) is 0 Å². The van der Waals surface area contributed by atoms with Crippen LogP contribution in [0.3, 0.4) is 0 Å². The Morgan fingerprint density at radius 3 is 2.55 bits per heavy atom. The molecule has 3 aromatic carbocycles. The first kappa shape index (κ1) is 20.6. The molecule has 0 radical (unpaired) electrons. The first-order chi connectivity index (χ1) is 15.1. The molecule has 0 aliphatic rings. The van der Waals surface area contributed by atoms with E-state index < -0.39 is 0 Å². The summed E-state index contributed by atoms with van der Waals surface area (Å²) in [5.74, 6) is 0.707. The van der Waals surface area contributed by atoms with Gasteiger partial charge in [-0.05, 0) is 70.4 Å². The summed E-state index contributed by atoms with van der Waals surface area (Å²) in [5, 5.41) is 16.5. The third-order valence-corrected chi connectivity index (χ3v) is 5.16. The van der Waals surface area contributed by atoms with Crippen LogP contribution < -0.4 is 15.4 Å². The molecule has 1 amide bonds. The summed E-state index contributed by atoms with van der Waals surface area (Å²) in [6, 6.07) is 23.1. The Kier molecular flexibility index (Phi) is 6.28. The Hall–Kier alpha value is -3.65. The highest BCUT2D eigenvalue weighted by Crippen LogP contribution is 2.25. The van der Waals surface area contributed by atoms with Crippen LogP contribution >= 0.6 is 15.9 Å². The Morgan fingerprint density at radius 2 is 1.81 bits per heavy atom. The zero-order valence-corrected chi connectivity index (χ0v) is 18.3. The Labute approximate surface area is 188 Å². The van der Waals surface area contributed by atoms with E-state index in [1.165, 1.54) is 0 Å². The fourth-order valence-electron chi connectivity index (χ4n) is 2.89. The van der Waals surface area contributed by atoms with Crippen LogP contribution in [-0.4, -0.2) is 21.3 Å². The maximum atomic E-state index is 12.7. The molecular weight excluding hydrogens is 458 g/mol. The molecule has 4 rings (SSSR count). The molecule has 0 saturated carbocycles. The molecule has 0 atom stereocenters. The number of nitrogens with one attached hydrogen (secondary N) is 3. The average molecular weight is 478 g/mol. The summed E-state index contributed by atoms with van der Waals surface area (Å²) in [6.45, 7) is 2.48. The van der Waals surface area contributed by atoms with Gasteiger partial charge < -0.3 is 15.4 Å². The molecule has 0 fully saturated rings. The van der Waals surface area contributed by atoms with Gasteiger partial charge in [-0.15, -0.1) is 10.2 Å². The number of nitrogens with zero attached hydrogens (tertiary/aromatic N) is 2. The smallest absolute Gasteiger partial charge is 0.280 e. The molecular formula is C23H20BrN5O2. The van der Waals surface area contributed by atoms with Crippen molar-refractivity contribution in [1.29, 1.82) is 0 Å². The van der Waals surface area contributed by atoms with Crippen LogP contribution in [0.5, 0.6) is 5.75 Å². The molecule has 0 unspecified atom stereocenters. The van der Waals surface area contributed by atoms with E-state index in [1.807, 2.05) is 79.7 Å². The summed E-state index contributed by atoms with van der Waals surface area (Å²) in [4.78, 5) is 12.7. The lowest BCUT2D eigenvalue weighted by Gasteiger charge is -2.09. The van der Waals surface area contributed by atoms with Gasteiger partial charge in [0.2, 0.25) is 0 Å². The largest absolute Gasteiger partial charge is 0.489 e. The van der Waals surface area contributed by atoms with Gasteiger partial charge in [-0.1, -0.05) is 36.4 Å². The van der Waals surface area contributed by atoms with Crippen LogP contribution in [0, 0.1) is 6.92 Å². The van der Waals surface area contributed by atoms with Gasteiger partial charge in [0.1, 0.15) is 12.4 Å². The number of aromatic amines is 1. The second-order valence-electron chi connectivity index (χ2n) is 6.88.